The lowest BCUT2D eigenvalue weighted by Crippen LogP contribution is -2.71. The third kappa shape index (κ3) is 2.09. The van der Waals surface area contributed by atoms with Crippen molar-refractivity contribution in [2.75, 3.05) is 0 Å². The van der Waals surface area contributed by atoms with Crippen LogP contribution >= 0.6 is 0 Å². The van der Waals surface area contributed by atoms with Gasteiger partial charge in [-0.2, -0.15) is 0 Å². The van der Waals surface area contributed by atoms with Crippen LogP contribution in [-0.4, -0.2) is 14.9 Å². The molecule has 0 spiro atoms. The lowest BCUT2D eigenvalue weighted by molar-refractivity contribution is -0.203. The first-order valence-corrected chi connectivity index (χ1v) is 7.98. The molecule has 2 nitrogen and oxygen atoms in total. The molecule has 1 aliphatic rings. The molecule has 0 aromatic carbocycles. The average molecular weight is 244 g/mol. The number of rotatable bonds is 0. The van der Waals surface area contributed by atoms with Crippen LogP contribution in [0.5, 0.6) is 0 Å². The average Bonchev–Trinajstić information content (AvgIpc) is 1.69. The van der Waals surface area contributed by atoms with Crippen LogP contribution in [0.1, 0.15) is 62.3 Å². The molecule has 1 rings (SSSR count). The van der Waals surface area contributed by atoms with Gasteiger partial charge < -0.3 is 8.85 Å². The van der Waals surface area contributed by atoms with Gasteiger partial charge >= 0.3 is 8.56 Å². The van der Waals surface area contributed by atoms with Gasteiger partial charge in [-0.25, -0.2) is 0 Å². The molecule has 1 heterocycles. The molecule has 0 bridgehead atoms. The molecule has 0 radical (unpaired) electrons. The van der Waals surface area contributed by atoms with Crippen LogP contribution in [0.15, 0.2) is 0 Å². The third-order valence-corrected chi connectivity index (χ3v) is 8.27. The summed E-state index contributed by atoms with van der Waals surface area (Å²) in [4.78, 5) is 0. The van der Waals surface area contributed by atoms with E-state index >= 15 is 0 Å². The highest BCUT2D eigenvalue weighted by Gasteiger charge is 2.67. The second-order valence-electron chi connectivity index (χ2n) is 8.05. The Kier molecular flexibility index (Phi) is 3.16. The van der Waals surface area contributed by atoms with Crippen LogP contribution in [0.2, 0.25) is 10.1 Å². The highest BCUT2D eigenvalue weighted by atomic mass is 28.4. The van der Waals surface area contributed by atoms with Crippen molar-refractivity contribution < 1.29 is 8.85 Å². The number of hydrogen-bond acceptors (Lipinski definition) is 2. The SMILES string of the molecule is CC(C)(C)C1O[Si](C(C)(C)C)(C(C)(C)C)O1. The maximum atomic E-state index is 6.34. The largest absolute Gasteiger partial charge is 0.367 e. The Balaban J connectivity index is 2.92. The van der Waals surface area contributed by atoms with Crippen molar-refractivity contribution >= 4 is 8.56 Å². The Labute approximate surface area is 102 Å². The molecular formula is C13H28O2Si. The summed E-state index contributed by atoms with van der Waals surface area (Å²) >= 11 is 0. The molecule has 0 unspecified atom stereocenters. The topological polar surface area (TPSA) is 18.5 Å². The molecule has 1 aliphatic heterocycles. The Hall–Kier alpha value is 0.137. The maximum absolute atomic E-state index is 6.34. The third-order valence-electron chi connectivity index (χ3n) is 3.23. The first kappa shape index (κ1) is 14.2. The van der Waals surface area contributed by atoms with Gasteiger partial charge in [0.2, 0.25) is 0 Å². The second kappa shape index (κ2) is 3.56. The fourth-order valence-electron chi connectivity index (χ4n) is 2.50. The van der Waals surface area contributed by atoms with E-state index in [2.05, 4.69) is 62.3 Å². The van der Waals surface area contributed by atoms with E-state index in [4.69, 9.17) is 8.85 Å². The maximum Gasteiger partial charge on any atom is 0.353 e. The predicted molar refractivity (Wildman–Crippen MR) is 70.6 cm³/mol. The molecule has 1 saturated heterocycles. The number of hydrogen-bond donors (Lipinski definition) is 0. The molecule has 0 aromatic rings. The summed E-state index contributed by atoms with van der Waals surface area (Å²) in [7, 11) is -2.12. The minimum atomic E-state index is -2.12. The van der Waals surface area contributed by atoms with Gasteiger partial charge in [-0.3, -0.25) is 0 Å². The summed E-state index contributed by atoms with van der Waals surface area (Å²) in [6.07, 6.45) is -0.0300. The predicted octanol–water partition coefficient (Wildman–Crippen LogP) is 4.45. The molecule has 16 heavy (non-hydrogen) atoms. The highest BCUT2D eigenvalue weighted by Crippen LogP contribution is 2.59. The van der Waals surface area contributed by atoms with Crippen molar-refractivity contribution in [2.24, 2.45) is 5.41 Å². The minimum Gasteiger partial charge on any atom is -0.367 e. The Morgan fingerprint density at radius 3 is 1.19 bits per heavy atom. The minimum absolute atomic E-state index is 0.0300. The van der Waals surface area contributed by atoms with E-state index in [1.165, 1.54) is 0 Å². The molecule has 96 valence electrons. The van der Waals surface area contributed by atoms with Crippen LogP contribution in [0.25, 0.3) is 0 Å². The van der Waals surface area contributed by atoms with E-state index < -0.39 is 8.56 Å². The zero-order valence-electron chi connectivity index (χ0n) is 12.4. The molecule has 0 aromatic heterocycles. The Bertz CT molecular complexity index is 243. The summed E-state index contributed by atoms with van der Waals surface area (Å²) in [5.74, 6) is 0. The van der Waals surface area contributed by atoms with E-state index in [-0.39, 0.29) is 21.8 Å². The Morgan fingerprint density at radius 2 is 1.00 bits per heavy atom. The van der Waals surface area contributed by atoms with Crippen molar-refractivity contribution in [3.63, 3.8) is 0 Å². The first-order chi connectivity index (χ1) is 6.81. The standard InChI is InChI=1S/C13H28O2Si/c1-11(2,3)10-14-16(15-10,12(4,5)6)13(7,8)9/h10H,1-9H3. The van der Waals surface area contributed by atoms with Gasteiger partial charge in [0.1, 0.15) is 6.29 Å². The van der Waals surface area contributed by atoms with Crippen LogP contribution in [-0.2, 0) is 8.85 Å². The summed E-state index contributed by atoms with van der Waals surface area (Å²) < 4.78 is 12.7. The van der Waals surface area contributed by atoms with Crippen LogP contribution in [0.3, 0.4) is 0 Å². The summed E-state index contributed by atoms with van der Waals surface area (Å²) in [5, 5.41) is 0.236. The van der Waals surface area contributed by atoms with Crippen LogP contribution < -0.4 is 0 Å². The van der Waals surface area contributed by atoms with Gasteiger partial charge in [-0.15, -0.1) is 0 Å². The second-order valence-corrected chi connectivity index (χ2v) is 12.8. The van der Waals surface area contributed by atoms with Crippen molar-refractivity contribution in [3.8, 4) is 0 Å². The van der Waals surface area contributed by atoms with Crippen LogP contribution in [0, 0.1) is 5.41 Å². The molecule has 0 atom stereocenters. The fourth-order valence-corrected chi connectivity index (χ4v) is 7.49. The van der Waals surface area contributed by atoms with E-state index in [1.54, 1.807) is 0 Å². The molecule has 1 fully saturated rings. The summed E-state index contributed by atoms with van der Waals surface area (Å²) in [6, 6.07) is 0. The smallest absolute Gasteiger partial charge is 0.353 e. The Morgan fingerprint density at radius 1 is 0.688 bits per heavy atom. The van der Waals surface area contributed by atoms with Gasteiger partial charge in [0.05, 0.1) is 0 Å². The lowest BCUT2D eigenvalue weighted by Gasteiger charge is -2.61. The molecule has 0 N–H and O–H groups in total. The molecule has 0 saturated carbocycles. The van der Waals surface area contributed by atoms with Gasteiger partial charge in [-0.05, 0) is 0 Å². The van der Waals surface area contributed by atoms with Gasteiger partial charge in [0, 0.05) is 15.5 Å². The first-order valence-electron chi connectivity index (χ1n) is 6.17. The van der Waals surface area contributed by atoms with Gasteiger partial charge in [0.25, 0.3) is 0 Å². The van der Waals surface area contributed by atoms with Crippen molar-refractivity contribution in [1.82, 2.24) is 0 Å². The van der Waals surface area contributed by atoms with E-state index in [9.17, 15) is 0 Å². The zero-order valence-corrected chi connectivity index (χ0v) is 13.4. The summed E-state index contributed by atoms with van der Waals surface area (Å²) in [6.45, 7) is 19.9. The molecule has 0 amide bonds. The van der Waals surface area contributed by atoms with Crippen molar-refractivity contribution in [1.29, 1.82) is 0 Å². The van der Waals surface area contributed by atoms with Gasteiger partial charge in [0.15, 0.2) is 0 Å². The van der Waals surface area contributed by atoms with Crippen molar-refractivity contribution in [2.45, 2.75) is 78.7 Å². The molecule has 0 aliphatic carbocycles. The lowest BCUT2D eigenvalue weighted by atomic mass is 9.96. The van der Waals surface area contributed by atoms with Crippen LogP contribution in [0.4, 0.5) is 0 Å². The fraction of sp³-hybridized carbons (Fsp3) is 1.00. The monoisotopic (exact) mass is 244 g/mol. The zero-order chi connectivity index (χ0) is 13.0. The highest BCUT2D eigenvalue weighted by molar-refractivity contribution is 6.75. The normalized spacial score (nSPS) is 23.1. The van der Waals surface area contributed by atoms with E-state index in [1.807, 2.05) is 0 Å². The molecular weight excluding hydrogens is 216 g/mol. The van der Waals surface area contributed by atoms with Gasteiger partial charge in [-0.1, -0.05) is 62.3 Å². The summed E-state index contributed by atoms with van der Waals surface area (Å²) in [5.41, 5.74) is 0.0764. The van der Waals surface area contributed by atoms with E-state index in [0.29, 0.717) is 0 Å². The molecule has 3 heteroatoms. The quantitative estimate of drug-likeness (QED) is 0.586. The van der Waals surface area contributed by atoms with Crippen molar-refractivity contribution in [3.05, 3.63) is 0 Å². The van der Waals surface area contributed by atoms with E-state index in [0.717, 1.165) is 0 Å².